The lowest BCUT2D eigenvalue weighted by molar-refractivity contribution is -0.145. The van der Waals surface area contributed by atoms with Crippen LogP contribution in [0.1, 0.15) is 52.9 Å². The lowest BCUT2D eigenvalue weighted by Crippen LogP contribution is -2.15. The van der Waals surface area contributed by atoms with E-state index in [9.17, 15) is 4.79 Å². The predicted octanol–water partition coefficient (Wildman–Crippen LogP) is 2.52. The summed E-state index contributed by atoms with van der Waals surface area (Å²) in [5.41, 5.74) is 0.00791. The molecular weight excluding hydrogens is 192 g/mol. The van der Waals surface area contributed by atoms with Crippen molar-refractivity contribution in [1.29, 1.82) is 0 Å². The Bertz CT molecular complexity index is 170. The van der Waals surface area contributed by atoms with Gasteiger partial charge in [-0.05, 0) is 24.7 Å². The second kappa shape index (κ2) is 7.69. The summed E-state index contributed by atoms with van der Waals surface area (Å²) in [4.78, 5) is 11.3. The highest BCUT2D eigenvalue weighted by molar-refractivity contribution is 5.70. The summed E-state index contributed by atoms with van der Waals surface area (Å²) in [7, 11) is 0. The molecule has 90 valence electrons. The molecule has 0 saturated heterocycles. The fraction of sp³-hybridized carbons (Fsp3) is 0.917. The number of ether oxygens (including phenoxy) is 1. The molecule has 0 aromatic heterocycles. The molecule has 0 aliphatic rings. The average Bonchev–Trinajstić information content (AvgIpc) is 2.08. The predicted molar refractivity (Wildman–Crippen MR) is 60.6 cm³/mol. The van der Waals surface area contributed by atoms with Crippen LogP contribution in [0, 0.1) is 5.41 Å². The molecule has 0 aromatic carbocycles. The van der Waals surface area contributed by atoms with E-state index in [-0.39, 0.29) is 18.0 Å². The number of carbonyl (C=O) groups excluding carboxylic acids is 1. The smallest absolute Gasteiger partial charge is 0.306 e. The second-order valence-electron chi connectivity index (χ2n) is 5.10. The van der Waals surface area contributed by atoms with Gasteiger partial charge in [0.05, 0.1) is 13.0 Å². The molecule has 0 heterocycles. The molecule has 0 fully saturated rings. The average molecular weight is 216 g/mol. The summed E-state index contributed by atoms with van der Waals surface area (Å²) in [5, 5.41) is 8.55. The molecule has 0 saturated carbocycles. The Balaban J connectivity index is 3.32. The summed E-state index contributed by atoms with van der Waals surface area (Å²) >= 11 is 0. The van der Waals surface area contributed by atoms with Crippen molar-refractivity contribution in [3.63, 3.8) is 0 Å². The first-order valence-corrected chi connectivity index (χ1v) is 5.72. The topological polar surface area (TPSA) is 46.5 Å². The van der Waals surface area contributed by atoms with E-state index in [1.165, 1.54) is 0 Å². The highest BCUT2D eigenvalue weighted by atomic mass is 16.5. The van der Waals surface area contributed by atoms with Crippen LogP contribution in [0.2, 0.25) is 0 Å². The number of esters is 1. The SMILES string of the molecule is CC(C)(C)CC(=O)OCCCCCCO. The highest BCUT2D eigenvalue weighted by Crippen LogP contribution is 2.18. The minimum Gasteiger partial charge on any atom is -0.466 e. The van der Waals surface area contributed by atoms with Crippen molar-refractivity contribution in [3.05, 3.63) is 0 Å². The molecule has 0 rings (SSSR count). The molecular formula is C12H24O3. The lowest BCUT2D eigenvalue weighted by Gasteiger charge is -2.16. The minimum atomic E-state index is -0.107. The molecule has 0 unspecified atom stereocenters. The molecule has 0 aliphatic carbocycles. The lowest BCUT2D eigenvalue weighted by atomic mass is 9.92. The van der Waals surface area contributed by atoms with E-state index in [2.05, 4.69) is 0 Å². The van der Waals surface area contributed by atoms with Crippen molar-refractivity contribution >= 4 is 5.97 Å². The van der Waals surface area contributed by atoms with Crippen LogP contribution >= 0.6 is 0 Å². The zero-order valence-corrected chi connectivity index (χ0v) is 10.2. The minimum absolute atomic E-state index is 0.00791. The fourth-order valence-electron chi connectivity index (χ4n) is 1.24. The Morgan fingerprint density at radius 3 is 2.27 bits per heavy atom. The van der Waals surface area contributed by atoms with Crippen LogP contribution in [-0.2, 0) is 9.53 Å². The third-order valence-electron chi connectivity index (χ3n) is 1.99. The number of aliphatic hydroxyl groups is 1. The van der Waals surface area contributed by atoms with Gasteiger partial charge < -0.3 is 9.84 Å². The van der Waals surface area contributed by atoms with Crippen LogP contribution < -0.4 is 0 Å². The summed E-state index contributed by atoms with van der Waals surface area (Å²) in [6, 6.07) is 0. The molecule has 3 heteroatoms. The summed E-state index contributed by atoms with van der Waals surface area (Å²) < 4.78 is 5.10. The van der Waals surface area contributed by atoms with E-state index in [0.29, 0.717) is 13.0 Å². The summed E-state index contributed by atoms with van der Waals surface area (Å²) in [6.45, 7) is 6.84. The molecule has 0 aromatic rings. The van der Waals surface area contributed by atoms with E-state index in [0.717, 1.165) is 25.7 Å². The molecule has 0 spiro atoms. The van der Waals surface area contributed by atoms with Crippen LogP contribution in [0.5, 0.6) is 0 Å². The molecule has 1 N–H and O–H groups in total. The van der Waals surface area contributed by atoms with Crippen LogP contribution in [-0.4, -0.2) is 24.3 Å². The fourth-order valence-corrected chi connectivity index (χ4v) is 1.24. The van der Waals surface area contributed by atoms with E-state index in [1.807, 2.05) is 20.8 Å². The van der Waals surface area contributed by atoms with Crippen molar-refractivity contribution < 1.29 is 14.6 Å². The third kappa shape index (κ3) is 11.4. The number of aliphatic hydroxyl groups excluding tert-OH is 1. The molecule has 0 atom stereocenters. The number of hydrogen-bond donors (Lipinski definition) is 1. The van der Waals surface area contributed by atoms with Gasteiger partial charge in [0, 0.05) is 6.61 Å². The van der Waals surface area contributed by atoms with Gasteiger partial charge in [-0.2, -0.15) is 0 Å². The van der Waals surface area contributed by atoms with Gasteiger partial charge in [0.15, 0.2) is 0 Å². The quantitative estimate of drug-likeness (QED) is 0.525. The van der Waals surface area contributed by atoms with E-state index in [4.69, 9.17) is 9.84 Å². The molecule has 0 aliphatic heterocycles. The van der Waals surface area contributed by atoms with Crippen LogP contribution in [0.25, 0.3) is 0 Å². The Labute approximate surface area is 92.8 Å². The number of carbonyl (C=O) groups is 1. The van der Waals surface area contributed by atoms with Gasteiger partial charge >= 0.3 is 5.97 Å². The Morgan fingerprint density at radius 2 is 1.73 bits per heavy atom. The van der Waals surface area contributed by atoms with Crippen molar-refractivity contribution in [3.8, 4) is 0 Å². The van der Waals surface area contributed by atoms with Crippen LogP contribution in [0.15, 0.2) is 0 Å². The maximum atomic E-state index is 11.3. The molecule has 0 amide bonds. The monoisotopic (exact) mass is 216 g/mol. The number of unbranched alkanes of at least 4 members (excludes halogenated alkanes) is 3. The van der Waals surface area contributed by atoms with Gasteiger partial charge in [-0.15, -0.1) is 0 Å². The molecule has 15 heavy (non-hydrogen) atoms. The normalized spacial score (nSPS) is 11.5. The first-order valence-electron chi connectivity index (χ1n) is 5.72. The molecule has 3 nitrogen and oxygen atoms in total. The maximum absolute atomic E-state index is 11.3. The van der Waals surface area contributed by atoms with E-state index < -0.39 is 0 Å². The van der Waals surface area contributed by atoms with Gasteiger partial charge in [0.2, 0.25) is 0 Å². The molecule has 0 radical (unpaired) electrons. The van der Waals surface area contributed by atoms with E-state index >= 15 is 0 Å². The van der Waals surface area contributed by atoms with Crippen molar-refractivity contribution in [2.24, 2.45) is 5.41 Å². The van der Waals surface area contributed by atoms with Gasteiger partial charge in [-0.25, -0.2) is 0 Å². The largest absolute Gasteiger partial charge is 0.466 e. The molecule has 0 bridgehead atoms. The Morgan fingerprint density at radius 1 is 1.13 bits per heavy atom. The number of hydrogen-bond acceptors (Lipinski definition) is 3. The standard InChI is InChI=1S/C12H24O3/c1-12(2,3)10-11(14)15-9-7-5-4-6-8-13/h13H,4-10H2,1-3H3. The zero-order chi connectivity index (χ0) is 11.7. The van der Waals surface area contributed by atoms with Gasteiger partial charge in [-0.1, -0.05) is 27.2 Å². The van der Waals surface area contributed by atoms with Crippen LogP contribution in [0.3, 0.4) is 0 Å². The number of rotatable bonds is 7. The van der Waals surface area contributed by atoms with E-state index in [1.54, 1.807) is 0 Å². The Kier molecular flexibility index (Phi) is 7.39. The van der Waals surface area contributed by atoms with Crippen molar-refractivity contribution in [2.45, 2.75) is 52.9 Å². The zero-order valence-electron chi connectivity index (χ0n) is 10.2. The maximum Gasteiger partial charge on any atom is 0.306 e. The third-order valence-corrected chi connectivity index (χ3v) is 1.99. The first kappa shape index (κ1) is 14.4. The van der Waals surface area contributed by atoms with Crippen molar-refractivity contribution in [1.82, 2.24) is 0 Å². The van der Waals surface area contributed by atoms with Gasteiger partial charge in [0.1, 0.15) is 0 Å². The van der Waals surface area contributed by atoms with Crippen molar-refractivity contribution in [2.75, 3.05) is 13.2 Å². The second-order valence-corrected chi connectivity index (χ2v) is 5.10. The Hall–Kier alpha value is -0.570. The van der Waals surface area contributed by atoms with Crippen LogP contribution in [0.4, 0.5) is 0 Å². The summed E-state index contributed by atoms with van der Waals surface area (Å²) in [6.07, 6.45) is 4.24. The first-order chi connectivity index (χ1) is 6.95. The summed E-state index contributed by atoms with van der Waals surface area (Å²) in [5.74, 6) is -0.107. The van der Waals surface area contributed by atoms with Gasteiger partial charge in [0.25, 0.3) is 0 Å². The van der Waals surface area contributed by atoms with Gasteiger partial charge in [-0.3, -0.25) is 4.79 Å². The highest BCUT2D eigenvalue weighted by Gasteiger charge is 2.16.